The number of carbonyl (C=O) groups is 1. The lowest BCUT2D eigenvalue weighted by Gasteiger charge is -2.32. The molecule has 1 atom stereocenters. The molecule has 6 nitrogen and oxygen atoms in total. The summed E-state index contributed by atoms with van der Waals surface area (Å²) in [6.45, 7) is 0.920. The predicted molar refractivity (Wildman–Crippen MR) is 79.2 cm³/mol. The van der Waals surface area contributed by atoms with Gasteiger partial charge < -0.3 is 9.47 Å². The van der Waals surface area contributed by atoms with E-state index in [2.05, 4.69) is 0 Å². The monoisotopic (exact) mass is 325 g/mol. The maximum Gasteiger partial charge on any atom is 0.324 e. The highest BCUT2D eigenvalue weighted by Crippen LogP contribution is 2.31. The van der Waals surface area contributed by atoms with Crippen molar-refractivity contribution in [2.24, 2.45) is 0 Å². The fourth-order valence-corrected chi connectivity index (χ4v) is 4.72. The first kappa shape index (κ1) is 15.3. The molecule has 7 heteroatoms. The molecule has 0 bridgehead atoms. The molecule has 120 valence electrons. The van der Waals surface area contributed by atoms with Gasteiger partial charge in [-0.3, -0.25) is 4.79 Å². The highest BCUT2D eigenvalue weighted by molar-refractivity contribution is 7.89. The molecule has 1 aromatic carbocycles. The molecule has 0 amide bonds. The van der Waals surface area contributed by atoms with Crippen molar-refractivity contribution in [1.29, 1.82) is 0 Å². The van der Waals surface area contributed by atoms with Gasteiger partial charge in [0.25, 0.3) is 0 Å². The summed E-state index contributed by atoms with van der Waals surface area (Å²) in [7, 11) is -2.42. The van der Waals surface area contributed by atoms with E-state index < -0.39 is 22.0 Å². The van der Waals surface area contributed by atoms with Crippen molar-refractivity contribution in [3.8, 4) is 5.75 Å². The van der Waals surface area contributed by atoms with Crippen LogP contribution in [0.3, 0.4) is 0 Å². The van der Waals surface area contributed by atoms with Crippen molar-refractivity contribution in [3.63, 3.8) is 0 Å². The third-order valence-electron chi connectivity index (χ3n) is 4.19. The van der Waals surface area contributed by atoms with Gasteiger partial charge in [0.15, 0.2) is 0 Å². The van der Waals surface area contributed by atoms with Crippen LogP contribution in [0.4, 0.5) is 0 Å². The standard InChI is InChI=1S/C15H19NO5S/c1-20-15(17)13-4-2-3-8-16(13)22(18,19)12-5-6-14-11(10-12)7-9-21-14/h5-6,10,13H,2-4,7-9H2,1H3. The third-order valence-corrected chi connectivity index (χ3v) is 6.10. The quantitative estimate of drug-likeness (QED) is 0.784. The van der Waals surface area contributed by atoms with E-state index in [0.29, 0.717) is 26.0 Å². The van der Waals surface area contributed by atoms with Crippen LogP contribution in [0.25, 0.3) is 0 Å². The molecule has 1 saturated heterocycles. The lowest BCUT2D eigenvalue weighted by atomic mass is 10.1. The Morgan fingerprint density at radius 3 is 2.95 bits per heavy atom. The summed E-state index contributed by atoms with van der Waals surface area (Å²) >= 11 is 0. The van der Waals surface area contributed by atoms with Crippen LogP contribution in [-0.4, -0.2) is 45.0 Å². The molecule has 1 unspecified atom stereocenters. The SMILES string of the molecule is COC(=O)C1CCCCN1S(=O)(=O)c1ccc2c(c1)CCO2. The summed E-state index contributed by atoms with van der Waals surface area (Å²) in [6, 6.07) is 4.16. The number of rotatable bonds is 3. The molecule has 0 saturated carbocycles. The number of methoxy groups -OCH3 is 1. The van der Waals surface area contributed by atoms with Crippen LogP contribution in [0.5, 0.6) is 5.75 Å². The van der Waals surface area contributed by atoms with Gasteiger partial charge in [-0.05, 0) is 43.0 Å². The molecule has 2 aliphatic rings. The van der Waals surface area contributed by atoms with E-state index >= 15 is 0 Å². The number of hydrogen-bond donors (Lipinski definition) is 0. The van der Waals surface area contributed by atoms with Gasteiger partial charge in [0, 0.05) is 13.0 Å². The Hall–Kier alpha value is -1.60. The number of esters is 1. The molecule has 3 rings (SSSR count). The fourth-order valence-electron chi connectivity index (χ4n) is 3.02. The average molecular weight is 325 g/mol. The second-order valence-electron chi connectivity index (χ2n) is 5.52. The van der Waals surface area contributed by atoms with Crippen molar-refractivity contribution >= 4 is 16.0 Å². The molecule has 0 aromatic heterocycles. The van der Waals surface area contributed by atoms with Crippen LogP contribution < -0.4 is 4.74 Å². The number of carbonyl (C=O) groups excluding carboxylic acids is 1. The van der Waals surface area contributed by atoms with Crippen LogP contribution >= 0.6 is 0 Å². The summed E-state index contributed by atoms with van der Waals surface area (Å²) in [5.41, 5.74) is 0.896. The summed E-state index contributed by atoms with van der Waals surface area (Å²) in [4.78, 5) is 12.1. The number of ether oxygens (including phenoxy) is 2. The lowest BCUT2D eigenvalue weighted by molar-refractivity contribution is -0.146. The number of benzene rings is 1. The summed E-state index contributed by atoms with van der Waals surface area (Å²) in [5, 5.41) is 0. The molecule has 1 fully saturated rings. The molecule has 1 aromatic rings. The van der Waals surface area contributed by atoms with Crippen molar-refractivity contribution in [2.45, 2.75) is 36.6 Å². The highest BCUT2D eigenvalue weighted by Gasteiger charge is 2.38. The largest absolute Gasteiger partial charge is 0.493 e. The third kappa shape index (κ3) is 2.59. The minimum Gasteiger partial charge on any atom is -0.493 e. The van der Waals surface area contributed by atoms with E-state index in [0.717, 1.165) is 24.2 Å². The van der Waals surface area contributed by atoms with Gasteiger partial charge in [0.05, 0.1) is 18.6 Å². The Balaban J connectivity index is 1.95. The average Bonchev–Trinajstić information content (AvgIpc) is 3.01. The molecule has 0 radical (unpaired) electrons. The van der Waals surface area contributed by atoms with Crippen molar-refractivity contribution in [3.05, 3.63) is 23.8 Å². The number of nitrogens with zero attached hydrogens (tertiary/aromatic N) is 1. The van der Waals surface area contributed by atoms with Crippen molar-refractivity contribution < 1.29 is 22.7 Å². The molecule has 0 N–H and O–H groups in total. The molecular formula is C15H19NO5S. The number of fused-ring (bicyclic) bond motifs is 1. The maximum atomic E-state index is 12.9. The molecule has 0 aliphatic carbocycles. The minimum absolute atomic E-state index is 0.215. The first-order valence-electron chi connectivity index (χ1n) is 7.39. The second kappa shape index (κ2) is 5.89. The van der Waals surface area contributed by atoms with Gasteiger partial charge >= 0.3 is 5.97 Å². The minimum atomic E-state index is -3.71. The van der Waals surface area contributed by atoms with E-state index in [1.807, 2.05) is 0 Å². The predicted octanol–water partition coefficient (Wildman–Crippen LogP) is 1.34. The first-order valence-corrected chi connectivity index (χ1v) is 8.83. The molecule has 0 spiro atoms. The van der Waals surface area contributed by atoms with Gasteiger partial charge in [-0.15, -0.1) is 0 Å². The Morgan fingerprint density at radius 2 is 2.18 bits per heavy atom. The van der Waals surface area contributed by atoms with E-state index in [1.54, 1.807) is 18.2 Å². The molecule has 22 heavy (non-hydrogen) atoms. The second-order valence-corrected chi connectivity index (χ2v) is 7.41. The zero-order valence-corrected chi connectivity index (χ0v) is 13.3. The summed E-state index contributed by atoms with van der Waals surface area (Å²) < 4.78 is 37.2. The first-order chi connectivity index (χ1) is 10.5. The normalized spacial score (nSPS) is 22.0. The lowest BCUT2D eigenvalue weighted by Crippen LogP contribution is -2.48. The Morgan fingerprint density at radius 1 is 1.36 bits per heavy atom. The Bertz CT molecular complexity index is 685. The number of piperidine rings is 1. The van der Waals surface area contributed by atoms with E-state index in [9.17, 15) is 13.2 Å². The van der Waals surface area contributed by atoms with Gasteiger partial charge in [0.1, 0.15) is 11.8 Å². The highest BCUT2D eigenvalue weighted by atomic mass is 32.2. The fraction of sp³-hybridized carbons (Fsp3) is 0.533. The van der Waals surface area contributed by atoms with Crippen molar-refractivity contribution in [1.82, 2.24) is 4.31 Å². The molecule has 2 heterocycles. The van der Waals surface area contributed by atoms with Gasteiger partial charge in [-0.1, -0.05) is 0 Å². The Labute approximate surface area is 130 Å². The van der Waals surface area contributed by atoms with Gasteiger partial charge in [0.2, 0.25) is 10.0 Å². The van der Waals surface area contributed by atoms with Gasteiger partial charge in [-0.2, -0.15) is 4.31 Å². The van der Waals surface area contributed by atoms with E-state index in [4.69, 9.17) is 9.47 Å². The van der Waals surface area contributed by atoms with Crippen LogP contribution in [0.2, 0.25) is 0 Å². The van der Waals surface area contributed by atoms with Crippen LogP contribution in [0.1, 0.15) is 24.8 Å². The van der Waals surface area contributed by atoms with Crippen LogP contribution in [-0.2, 0) is 26.0 Å². The zero-order chi connectivity index (χ0) is 15.7. The van der Waals surface area contributed by atoms with E-state index in [-0.39, 0.29) is 4.90 Å². The molecule has 2 aliphatic heterocycles. The number of hydrogen-bond acceptors (Lipinski definition) is 5. The summed E-state index contributed by atoms with van der Waals surface area (Å²) in [5.74, 6) is 0.245. The topological polar surface area (TPSA) is 72.9 Å². The van der Waals surface area contributed by atoms with E-state index in [1.165, 1.54) is 11.4 Å². The summed E-state index contributed by atoms with van der Waals surface area (Å²) in [6.07, 6.45) is 2.78. The van der Waals surface area contributed by atoms with Crippen LogP contribution in [0.15, 0.2) is 23.1 Å². The Kier molecular flexibility index (Phi) is 4.10. The maximum absolute atomic E-state index is 12.9. The van der Waals surface area contributed by atoms with Gasteiger partial charge in [-0.25, -0.2) is 8.42 Å². The number of sulfonamides is 1. The molecular weight excluding hydrogens is 306 g/mol. The van der Waals surface area contributed by atoms with Crippen LogP contribution in [0, 0.1) is 0 Å². The smallest absolute Gasteiger partial charge is 0.324 e. The zero-order valence-electron chi connectivity index (χ0n) is 12.4. The van der Waals surface area contributed by atoms with Crippen molar-refractivity contribution in [2.75, 3.05) is 20.3 Å².